The number of carbonyl (C=O) groups excluding carboxylic acids is 1. The van der Waals surface area contributed by atoms with E-state index in [0.717, 1.165) is 6.42 Å². The topological polar surface area (TPSA) is 50.4 Å². The molecule has 1 unspecified atom stereocenters. The van der Waals surface area contributed by atoms with Gasteiger partial charge in [-0.3, -0.25) is 10.2 Å². The van der Waals surface area contributed by atoms with E-state index in [2.05, 4.69) is 10.9 Å². The summed E-state index contributed by atoms with van der Waals surface area (Å²) in [6.07, 6.45) is 0.876. The molecule has 14 heavy (non-hydrogen) atoms. The highest BCUT2D eigenvalue weighted by Crippen LogP contribution is 2.11. The molecule has 0 aliphatic rings. The Morgan fingerprint density at radius 1 is 1.43 bits per heavy atom. The fourth-order valence-corrected chi connectivity index (χ4v) is 0.743. The normalized spacial score (nSPS) is 13.8. The Bertz CT molecular complexity index is 175. The molecule has 2 N–H and O–H groups in total. The molecule has 1 atom stereocenters. The maximum absolute atomic E-state index is 11.4. The zero-order valence-corrected chi connectivity index (χ0v) is 9.81. The Morgan fingerprint density at radius 2 is 2.00 bits per heavy atom. The van der Waals surface area contributed by atoms with Crippen LogP contribution in [0.25, 0.3) is 0 Å². The fourth-order valence-electron chi connectivity index (χ4n) is 0.743. The van der Waals surface area contributed by atoms with Gasteiger partial charge in [0.25, 0.3) is 0 Å². The Morgan fingerprint density at radius 3 is 2.43 bits per heavy atom. The van der Waals surface area contributed by atoms with Crippen molar-refractivity contribution in [3.8, 4) is 0 Å². The summed E-state index contributed by atoms with van der Waals surface area (Å²) < 4.78 is 4.93. The minimum absolute atomic E-state index is 0.00164. The highest BCUT2D eigenvalue weighted by Gasteiger charge is 2.20. The number of nitrogens with one attached hydrogen (secondary N) is 2. The van der Waals surface area contributed by atoms with Gasteiger partial charge in [0, 0.05) is 25.2 Å². The van der Waals surface area contributed by atoms with Crippen molar-refractivity contribution >= 4 is 5.91 Å². The van der Waals surface area contributed by atoms with Crippen molar-refractivity contribution in [2.45, 2.75) is 40.2 Å². The predicted octanol–water partition coefficient (Wildman–Crippen LogP) is 1.08. The van der Waals surface area contributed by atoms with Crippen LogP contribution in [-0.2, 0) is 9.53 Å². The van der Waals surface area contributed by atoms with Gasteiger partial charge in [0.15, 0.2) is 0 Å². The van der Waals surface area contributed by atoms with Gasteiger partial charge in [0.1, 0.15) is 0 Å². The molecule has 0 fully saturated rings. The molecule has 0 aromatic carbocycles. The van der Waals surface area contributed by atoms with Crippen LogP contribution < -0.4 is 10.9 Å². The third-order valence-corrected chi connectivity index (χ3v) is 1.87. The molecule has 0 saturated carbocycles. The second-order valence-corrected chi connectivity index (χ2v) is 4.53. The first-order valence-electron chi connectivity index (χ1n) is 4.93. The molecule has 0 aliphatic heterocycles. The smallest absolute Gasteiger partial charge is 0.239 e. The zero-order chi connectivity index (χ0) is 11.2. The van der Waals surface area contributed by atoms with Gasteiger partial charge in [0.2, 0.25) is 5.91 Å². The van der Waals surface area contributed by atoms with Gasteiger partial charge in [-0.05, 0) is 13.3 Å². The van der Waals surface area contributed by atoms with Gasteiger partial charge in [-0.2, -0.15) is 0 Å². The fraction of sp³-hybridized carbons (Fsp3) is 0.900. The van der Waals surface area contributed by atoms with Crippen LogP contribution in [-0.4, -0.2) is 25.7 Å². The van der Waals surface area contributed by atoms with E-state index in [1.165, 1.54) is 0 Å². The van der Waals surface area contributed by atoms with E-state index in [4.69, 9.17) is 4.74 Å². The molecule has 4 nitrogen and oxygen atoms in total. The van der Waals surface area contributed by atoms with E-state index in [1.54, 1.807) is 7.11 Å². The third kappa shape index (κ3) is 5.94. The molecule has 0 rings (SSSR count). The average molecular weight is 202 g/mol. The summed E-state index contributed by atoms with van der Waals surface area (Å²) in [6, 6.07) is 0.223. The van der Waals surface area contributed by atoms with Crippen molar-refractivity contribution in [2.75, 3.05) is 13.7 Å². The van der Waals surface area contributed by atoms with E-state index in [9.17, 15) is 4.79 Å². The highest BCUT2D eigenvalue weighted by atomic mass is 16.5. The minimum atomic E-state index is -0.353. The number of rotatable bonds is 5. The lowest BCUT2D eigenvalue weighted by atomic mass is 9.96. The Labute approximate surface area is 86.4 Å². The lowest BCUT2D eigenvalue weighted by Gasteiger charge is -2.20. The van der Waals surface area contributed by atoms with Gasteiger partial charge < -0.3 is 4.74 Å². The van der Waals surface area contributed by atoms with Crippen molar-refractivity contribution in [2.24, 2.45) is 5.41 Å². The SMILES string of the molecule is COCCC(C)NNC(=O)C(C)(C)C. The van der Waals surface area contributed by atoms with Gasteiger partial charge in [-0.25, -0.2) is 5.43 Å². The molecule has 84 valence electrons. The molecular weight excluding hydrogens is 180 g/mol. The van der Waals surface area contributed by atoms with Crippen LogP contribution in [0.1, 0.15) is 34.1 Å². The number of carbonyl (C=O) groups is 1. The van der Waals surface area contributed by atoms with Crippen molar-refractivity contribution in [1.29, 1.82) is 0 Å². The van der Waals surface area contributed by atoms with Crippen molar-refractivity contribution < 1.29 is 9.53 Å². The van der Waals surface area contributed by atoms with Crippen LogP contribution in [0.4, 0.5) is 0 Å². The molecule has 1 amide bonds. The molecule has 0 radical (unpaired) electrons. The van der Waals surface area contributed by atoms with E-state index in [1.807, 2.05) is 27.7 Å². The summed E-state index contributed by atoms with van der Waals surface area (Å²) in [6.45, 7) is 8.33. The van der Waals surface area contributed by atoms with Crippen LogP contribution in [0, 0.1) is 5.41 Å². The molecule has 0 aliphatic carbocycles. The Balaban J connectivity index is 3.67. The molecule has 0 aromatic rings. The number of hydrogen-bond donors (Lipinski definition) is 2. The first kappa shape index (κ1) is 13.4. The maximum atomic E-state index is 11.4. The first-order chi connectivity index (χ1) is 6.38. The molecular formula is C10H22N2O2. The summed E-state index contributed by atoms with van der Waals surface area (Å²) in [5, 5.41) is 0. The zero-order valence-electron chi connectivity index (χ0n) is 9.81. The van der Waals surface area contributed by atoms with Crippen molar-refractivity contribution in [1.82, 2.24) is 10.9 Å². The number of amides is 1. The summed E-state index contributed by atoms with van der Waals surface area (Å²) in [5.41, 5.74) is 5.28. The molecule has 0 spiro atoms. The van der Waals surface area contributed by atoms with Gasteiger partial charge in [-0.15, -0.1) is 0 Å². The number of ether oxygens (including phenoxy) is 1. The summed E-state index contributed by atoms with van der Waals surface area (Å²) in [7, 11) is 1.67. The molecule has 0 aromatic heterocycles. The van der Waals surface area contributed by atoms with Gasteiger partial charge >= 0.3 is 0 Å². The summed E-state index contributed by atoms with van der Waals surface area (Å²) >= 11 is 0. The monoisotopic (exact) mass is 202 g/mol. The lowest BCUT2D eigenvalue weighted by Crippen LogP contribution is -2.47. The Hall–Kier alpha value is -0.610. The van der Waals surface area contributed by atoms with Crippen LogP contribution in [0.2, 0.25) is 0 Å². The largest absolute Gasteiger partial charge is 0.385 e. The summed E-state index contributed by atoms with van der Waals surface area (Å²) in [5.74, 6) is 0.00164. The van der Waals surface area contributed by atoms with E-state index in [0.29, 0.717) is 6.61 Å². The van der Waals surface area contributed by atoms with Gasteiger partial charge in [0.05, 0.1) is 0 Å². The Kier molecular flexibility index (Phi) is 5.72. The first-order valence-corrected chi connectivity index (χ1v) is 4.93. The number of hydrazine groups is 1. The van der Waals surface area contributed by atoms with Crippen molar-refractivity contribution in [3.05, 3.63) is 0 Å². The molecule has 4 heteroatoms. The quantitative estimate of drug-likeness (QED) is 0.656. The second-order valence-electron chi connectivity index (χ2n) is 4.53. The predicted molar refractivity (Wildman–Crippen MR) is 56.7 cm³/mol. The van der Waals surface area contributed by atoms with Gasteiger partial charge in [-0.1, -0.05) is 20.8 Å². The van der Waals surface area contributed by atoms with Crippen LogP contribution >= 0.6 is 0 Å². The van der Waals surface area contributed by atoms with Crippen LogP contribution in [0.5, 0.6) is 0 Å². The molecule has 0 bridgehead atoms. The highest BCUT2D eigenvalue weighted by molar-refractivity contribution is 5.80. The minimum Gasteiger partial charge on any atom is -0.385 e. The molecule has 0 saturated heterocycles. The van der Waals surface area contributed by atoms with E-state index < -0.39 is 0 Å². The number of hydrogen-bond acceptors (Lipinski definition) is 3. The van der Waals surface area contributed by atoms with Crippen molar-refractivity contribution in [3.63, 3.8) is 0 Å². The lowest BCUT2D eigenvalue weighted by molar-refractivity contribution is -0.129. The molecule has 0 heterocycles. The van der Waals surface area contributed by atoms with Crippen LogP contribution in [0.15, 0.2) is 0 Å². The number of methoxy groups -OCH3 is 1. The van der Waals surface area contributed by atoms with E-state index in [-0.39, 0.29) is 17.4 Å². The standard InChI is InChI=1S/C10H22N2O2/c1-8(6-7-14-5)11-12-9(13)10(2,3)4/h8,11H,6-7H2,1-5H3,(H,12,13). The van der Waals surface area contributed by atoms with Crippen LogP contribution in [0.3, 0.4) is 0 Å². The second kappa shape index (κ2) is 5.98. The summed E-state index contributed by atoms with van der Waals surface area (Å²) in [4.78, 5) is 11.4. The maximum Gasteiger partial charge on any atom is 0.239 e. The average Bonchev–Trinajstić information content (AvgIpc) is 2.09. The van der Waals surface area contributed by atoms with E-state index >= 15 is 0 Å². The third-order valence-electron chi connectivity index (χ3n) is 1.87.